The van der Waals surface area contributed by atoms with Crippen molar-refractivity contribution in [2.45, 2.75) is 0 Å². The molecule has 0 atom stereocenters. The van der Waals surface area contributed by atoms with E-state index in [2.05, 4.69) is 35.8 Å². The molecule has 2 aromatic rings. The van der Waals surface area contributed by atoms with Crippen LogP contribution in [-0.2, 0) is 0 Å². The number of halogens is 1. The molecule has 3 heterocycles. The molecule has 108 valence electrons. The van der Waals surface area contributed by atoms with Crippen LogP contribution in [0.3, 0.4) is 0 Å². The second-order valence-electron chi connectivity index (χ2n) is 4.68. The zero-order valence-electron chi connectivity index (χ0n) is 11.3. The van der Waals surface area contributed by atoms with E-state index in [0.29, 0.717) is 23.3 Å². The number of pyridine rings is 1. The third-order valence-corrected chi connectivity index (χ3v) is 4.06. The lowest BCUT2D eigenvalue weighted by Crippen LogP contribution is -2.49. The summed E-state index contributed by atoms with van der Waals surface area (Å²) in [5.74, 6) is 0.862. The molecule has 1 aliphatic heterocycles. The lowest BCUT2D eigenvalue weighted by Gasteiger charge is -2.35. The summed E-state index contributed by atoms with van der Waals surface area (Å²) in [6.45, 7) is 2.83. The van der Waals surface area contributed by atoms with E-state index < -0.39 is 0 Å². The Hall–Kier alpha value is -2.02. The topological polar surface area (TPSA) is 62.2 Å². The highest BCUT2D eigenvalue weighted by molar-refractivity contribution is 9.10. The fourth-order valence-electron chi connectivity index (χ4n) is 2.31. The molecule has 1 fully saturated rings. The molecule has 1 amide bonds. The van der Waals surface area contributed by atoms with Gasteiger partial charge in [-0.1, -0.05) is 0 Å². The summed E-state index contributed by atoms with van der Waals surface area (Å²) in [5, 5.41) is 0. The third-order valence-electron chi connectivity index (χ3n) is 3.43. The predicted octanol–water partition coefficient (Wildman–Crippen LogP) is 1.60. The van der Waals surface area contributed by atoms with Crippen LogP contribution in [0.1, 0.15) is 10.4 Å². The third kappa shape index (κ3) is 3.02. The number of hydrogen-bond donors (Lipinski definition) is 0. The van der Waals surface area contributed by atoms with Gasteiger partial charge in [0.15, 0.2) is 0 Å². The van der Waals surface area contributed by atoms with Gasteiger partial charge in [0, 0.05) is 44.8 Å². The van der Waals surface area contributed by atoms with Gasteiger partial charge >= 0.3 is 0 Å². The molecule has 0 aromatic carbocycles. The largest absolute Gasteiger partial charge is 0.352 e. The SMILES string of the molecule is O=C(c1cccnc1Br)N1CCN(c2cnccn2)CC1. The van der Waals surface area contributed by atoms with E-state index in [1.807, 2.05) is 4.90 Å². The van der Waals surface area contributed by atoms with Crippen molar-refractivity contribution in [1.82, 2.24) is 19.9 Å². The first-order valence-electron chi connectivity index (χ1n) is 6.66. The van der Waals surface area contributed by atoms with Crippen LogP contribution in [0, 0.1) is 0 Å². The average molecular weight is 348 g/mol. The lowest BCUT2D eigenvalue weighted by atomic mass is 10.2. The lowest BCUT2D eigenvalue weighted by molar-refractivity contribution is 0.0745. The van der Waals surface area contributed by atoms with E-state index in [1.165, 1.54) is 0 Å². The molecule has 7 heteroatoms. The van der Waals surface area contributed by atoms with Gasteiger partial charge in [0.2, 0.25) is 0 Å². The Morgan fingerprint density at radius 3 is 2.57 bits per heavy atom. The zero-order valence-corrected chi connectivity index (χ0v) is 12.9. The highest BCUT2D eigenvalue weighted by Gasteiger charge is 2.24. The van der Waals surface area contributed by atoms with E-state index >= 15 is 0 Å². The van der Waals surface area contributed by atoms with Gasteiger partial charge in [-0.3, -0.25) is 9.78 Å². The highest BCUT2D eigenvalue weighted by Crippen LogP contribution is 2.17. The number of hydrogen-bond acceptors (Lipinski definition) is 5. The number of amides is 1. The molecule has 0 radical (unpaired) electrons. The minimum Gasteiger partial charge on any atom is -0.352 e. The summed E-state index contributed by atoms with van der Waals surface area (Å²) in [5.41, 5.74) is 0.602. The molecule has 6 nitrogen and oxygen atoms in total. The average Bonchev–Trinajstić information content (AvgIpc) is 2.56. The van der Waals surface area contributed by atoms with E-state index in [0.717, 1.165) is 18.9 Å². The summed E-state index contributed by atoms with van der Waals surface area (Å²) in [4.78, 5) is 28.9. The molecular weight excluding hydrogens is 334 g/mol. The van der Waals surface area contributed by atoms with Crippen LogP contribution in [0.2, 0.25) is 0 Å². The Morgan fingerprint density at radius 1 is 1.10 bits per heavy atom. The number of aromatic nitrogens is 3. The molecule has 0 bridgehead atoms. The minimum atomic E-state index is 0.00812. The van der Waals surface area contributed by atoms with Crippen molar-refractivity contribution in [2.24, 2.45) is 0 Å². The molecule has 0 N–H and O–H groups in total. The number of carbonyl (C=O) groups excluding carboxylic acids is 1. The van der Waals surface area contributed by atoms with Crippen LogP contribution >= 0.6 is 15.9 Å². The molecule has 0 unspecified atom stereocenters. The van der Waals surface area contributed by atoms with Crippen LogP contribution in [0.5, 0.6) is 0 Å². The van der Waals surface area contributed by atoms with Gasteiger partial charge in [0.05, 0.1) is 11.8 Å². The number of piperazine rings is 1. The molecule has 21 heavy (non-hydrogen) atoms. The Balaban J connectivity index is 1.66. The number of nitrogens with zero attached hydrogens (tertiary/aromatic N) is 5. The molecule has 1 saturated heterocycles. The molecule has 3 rings (SSSR count). The fraction of sp³-hybridized carbons (Fsp3) is 0.286. The normalized spacial score (nSPS) is 15.1. The van der Waals surface area contributed by atoms with E-state index in [-0.39, 0.29) is 5.91 Å². The number of rotatable bonds is 2. The zero-order chi connectivity index (χ0) is 14.7. The first kappa shape index (κ1) is 13.9. The Bertz CT molecular complexity index is 628. The maximum Gasteiger partial charge on any atom is 0.256 e. The van der Waals surface area contributed by atoms with Gasteiger partial charge in [0.25, 0.3) is 5.91 Å². The molecular formula is C14H14BrN5O. The van der Waals surface area contributed by atoms with Crippen molar-refractivity contribution < 1.29 is 4.79 Å². The first-order valence-corrected chi connectivity index (χ1v) is 7.46. The van der Waals surface area contributed by atoms with Crippen LogP contribution in [-0.4, -0.2) is 51.9 Å². The summed E-state index contributed by atoms with van der Waals surface area (Å²) in [6.07, 6.45) is 6.74. The monoisotopic (exact) mass is 347 g/mol. The van der Waals surface area contributed by atoms with Crippen LogP contribution in [0.4, 0.5) is 5.82 Å². The molecule has 0 spiro atoms. The maximum atomic E-state index is 12.5. The predicted molar refractivity (Wildman–Crippen MR) is 82.1 cm³/mol. The van der Waals surface area contributed by atoms with Crippen LogP contribution in [0.15, 0.2) is 41.5 Å². The molecule has 1 aliphatic rings. The van der Waals surface area contributed by atoms with Crippen molar-refractivity contribution in [2.75, 3.05) is 31.1 Å². The van der Waals surface area contributed by atoms with Crippen molar-refractivity contribution in [1.29, 1.82) is 0 Å². The minimum absolute atomic E-state index is 0.00812. The highest BCUT2D eigenvalue weighted by atomic mass is 79.9. The standard InChI is InChI=1S/C14H14BrN5O/c15-13-11(2-1-3-18-13)14(21)20-8-6-19(7-9-20)12-10-16-4-5-17-12/h1-5,10H,6-9H2. The molecule has 2 aromatic heterocycles. The molecule has 0 saturated carbocycles. The second kappa shape index (κ2) is 6.17. The van der Waals surface area contributed by atoms with Crippen LogP contribution in [0.25, 0.3) is 0 Å². The van der Waals surface area contributed by atoms with Gasteiger partial charge in [-0.25, -0.2) is 9.97 Å². The Morgan fingerprint density at radius 2 is 1.90 bits per heavy atom. The van der Waals surface area contributed by atoms with Crippen molar-refractivity contribution in [3.8, 4) is 0 Å². The van der Waals surface area contributed by atoms with Crippen molar-refractivity contribution in [3.63, 3.8) is 0 Å². The summed E-state index contributed by atoms with van der Waals surface area (Å²) in [6, 6.07) is 3.56. The molecule has 0 aliphatic carbocycles. The number of anilines is 1. The number of carbonyl (C=O) groups is 1. The summed E-state index contributed by atoms with van der Waals surface area (Å²) < 4.78 is 0.589. The summed E-state index contributed by atoms with van der Waals surface area (Å²) in [7, 11) is 0. The van der Waals surface area contributed by atoms with Gasteiger partial charge < -0.3 is 9.80 Å². The van der Waals surface area contributed by atoms with Gasteiger partial charge in [-0.2, -0.15) is 0 Å². The quantitative estimate of drug-likeness (QED) is 0.772. The second-order valence-corrected chi connectivity index (χ2v) is 5.44. The first-order chi connectivity index (χ1) is 10.3. The van der Waals surface area contributed by atoms with E-state index in [4.69, 9.17) is 0 Å². The maximum absolute atomic E-state index is 12.5. The smallest absolute Gasteiger partial charge is 0.256 e. The van der Waals surface area contributed by atoms with Crippen molar-refractivity contribution in [3.05, 3.63) is 47.1 Å². The van der Waals surface area contributed by atoms with Crippen molar-refractivity contribution >= 4 is 27.7 Å². The van der Waals surface area contributed by atoms with E-state index in [1.54, 1.807) is 36.9 Å². The van der Waals surface area contributed by atoms with Crippen LogP contribution < -0.4 is 4.90 Å². The Labute approximate surface area is 131 Å². The Kier molecular flexibility index (Phi) is 4.10. The van der Waals surface area contributed by atoms with Gasteiger partial charge in [0.1, 0.15) is 10.4 Å². The van der Waals surface area contributed by atoms with Gasteiger partial charge in [-0.15, -0.1) is 0 Å². The van der Waals surface area contributed by atoms with Gasteiger partial charge in [-0.05, 0) is 28.1 Å². The summed E-state index contributed by atoms with van der Waals surface area (Å²) >= 11 is 3.32. The van der Waals surface area contributed by atoms with E-state index in [9.17, 15) is 4.79 Å². The fourth-order valence-corrected chi connectivity index (χ4v) is 2.73.